The van der Waals surface area contributed by atoms with Crippen molar-refractivity contribution in [2.75, 3.05) is 13.7 Å². The van der Waals surface area contributed by atoms with Crippen LogP contribution in [0.4, 0.5) is 0 Å². The first-order valence-electron chi connectivity index (χ1n) is 6.62. The van der Waals surface area contributed by atoms with E-state index >= 15 is 0 Å². The molecule has 0 N–H and O–H groups in total. The van der Waals surface area contributed by atoms with Gasteiger partial charge in [-0.2, -0.15) is 5.10 Å². The van der Waals surface area contributed by atoms with Crippen LogP contribution in [0.3, 0.4) is 0 Å². The number of nitrogens with zero attached hydrogens (tertiary/aromatic N) is 2. The average Bonchev–Trinajstić information content (AvgIpc) is 3.15. The maximum Gasteiger partial charge on any atom is 0.153 e. The van der Waals surface area contributed by atoms with E-state index in [0.717, 1.165) is 42.9 Å². The van der Waals surface area contributed by atoms with Crippen molar-refractivity contribution in [3.63, 3.8) is 0 Å². The molecule has 0 aliphatic carbocycles. The molecule has 1 atom stereocenters. The first kappa shape index (κ1) is 12.9. The van der Waals surface area contributed by atoms with Gasteiger partial charge in [-0.05, 0) is 25.0 Å². The van der Waals surface area contributed by atoms with Crippen LogP contribution in [0.5, 0.6) is 5.75 Å². The molecule has 104 valence electrons. The molecule has 0 spiro atoms. The molecule has 1 fully saturated rings. The molecule has 3 rings (SSSR count). The SMILES string of the molecule is COc1cccc(-n2cc(C=O)c(C3CCCO3)n2)c1. The summed E-state index contributed by atoms with van der Waals surface area (Å²) in [5.41, 5.74) is 2.16. The zero-order chi connectivity index (χ0) is 13.9. The van der Waals surface area contributed by atoms with E-state index in [2.05, 4.69) is 5.10 Å². The van der Waals surface area contributed by atoms with Gasteiger partial charge in [-0.15, -0.1) is 0 Å². The van der Waals surface area contributed by atoms with Crippen LogP contribution in [-0.4, -0.2) is 29.8 Å². The van der Waals surface area contributed by atoms with E-state index < -0.39 is 0 Å². The molecule has 0 bridgehead atoms. The van der Waals surface area contributed by atoms with Crippen LogP contribution < -0.4 is 4.74 Å². The Bertz CT molecular complexity index is 615. The molecular weight excluding hydrogens is 256 g/mol. The molecule has 1 aliphatic heterocycles. The Morgan fingerprint density at radius 3 is 3.10 bits per heavy atom. The van der Waals surface area contributed by atoms with Gasteiger partial charge in [-0.1, -0.05) is 6.07 Å². The Labute approximate surface area is 117 Å². The number of rotatable bonds is 4. The van der Waals surface area contributed by atoms with E-state index in [9.17, 15) is 4.79 Å². The van der Waals surface area contributed by atoms with Gasteiger partial charge in [-0.3, -0.25) is 4.79 Å². The maximum absolute atomic E-state index is 11.2. The smallest absolute Gasteiger partial charge is 0.153 e. The third-order valence-corrected chi connectivity index (χ3v) is 3.45. The topological polar surface area (TPSA) is 53.4 Å². The van der Waals surface area contributed by atoms with E-state index in [1.165, 1.54) is 0 Å². The third kappa shape index (κ3) is 2.32. The number of aldehydes is 1. The van der Waals surface area contributed by atoms with Crippen molar-refractivity contribution in [2.45, 2.75) is 18.9 Å². The molecular formula is C15H16N2O3. The number of hydrogen-bond donors (Lipinski definition) is 0. The summed E-state index contributed by atoms with van der Waals surface area (Å²) in [6.07, 6.45) is 4.42. The molecule has 0 radical (unpaired) electrons. The lowest BCUT2D eigenvalue weighted by molar-refractivity contribution is 0.104. The van der Waals surface area contributed by atoms with Crippen LogP contribution in [0.25, 0.3) is 5.69 Å². The van der Waals surface area contributed by atoms with Gasteiger partial charge < -0.3 is 9.47 Å². The highest BCUT2D eigenvalue weighted by atomic mass is 16.5. The first-order valence-corrected chi connectivity index (χ1v) is 6.62. The van der Waals surface area contributed by atoms with Gasteiger partial charge in [0, 0.05) is 18.9 Å². The number of benzene rings is 1. The number of ether oxygens (including phenoxy) is 2. The molecule has 20 heavy (non-hydrogen) atoms. The van der Waals surface area contributed by atoms with Gasteiger partial charge in [0.2, 0.25) is 0 Å². The Balaban J connectivity index is 1.99. The summed E-state index contributed by atoms with van der Waals surface area (Å²) < 4.78 is 12.5. The molecule has 0 amide bonds. The molecule has 2 heterocycles. The standard InChI is InChI=1S/C15H16N2O3/c1-19-13-5-2-4-12(8-13)17-9-11(10-18)15(16-17)14-6-3-7-20-14/h2,4-5,8-10,14H,3,6-7H2,1H3. The highest BCUT2D eigenvalue weighted by molar-refractivity contribution is 5.76. The number of carbonyl (C=O) groups is 1. The number of carbonyl (C=O) groups excluding carboxylic acids is 1. The zero-order valence-corrected chi connectivity index (χ0v) is 11.3. The summed E-state index contributed by atoms with van der Waals surface area (Å²) in [6.45, 7) is 0.731. The number of methoxy groups -OCH3 is 1. The fourth-order valence-corrected chi connectivity index (χ4v) is 2.42. The second-order valence-electron chi connectivity index (χ2n) is 4.74. The van der Waals surface area contributed by atoms with Crippen molar-refractivity contribution in [2.24, 2.45) is 0 Å². The van der Waals surface area contributed by atoms with Crippen LogP contribution in [-0.2, 0) is 4.74 Å². The molecule has 1 unspecified atom stereocenters. The number of hydrogen-bond acceptors (Lipinski definition) is 4. The molecule has 2 aromatic rings. The van der Waals surface area contributed by atoms with Gasteiger partial charge in [0.1, 0.15) is 17.5 Å². The molecule has 5 nitrogen and oxygen atoms in total. The van der Waals surface area contributed by atoms with Gasteiger partial charge in [0.25, 0.3) is 0 Å². The largest absolute Gasteiger partial charge is 0.497 e. The van der Waals surface area contributed by atoms with Gasteiger partial charge >= 0.3 is 0 Å². The van der Waals surface area contributed by atoms with Crippen molar-refractivity contribution < 1.29 is 14.3 Å². The molecule has 0 saturated carbocycles. The minimum Gasteiger partial charge on any atom is -0.497 e. The summed E-state index contributed by atoms with van der Waals surface area (Å²) in [7, 11) is 1.62. The Morgan fingerprint density at radius 1 is 1.50 bits per heavy atom. The molecule has 1 aliphatic rings. The Hall–Kier alpha value is -2.14. The van der Waals surface area contributed by atoms with Crippen molar-refractivity contribution >= 4 is 6.29 Å². The van der Waals surface area contributed by atoms with E-state index in [0.29, 0.717) is 5.56 Å². The maximum atomic E-state index is 11.2. The summed E-state index contributed by atoms with van der Waals surface area (Å²) in [5, 5.41) is 4.51. The van der Waals surface area contributed by atoms with Crippen LogP contribution in [0.1, 0.15) is 35.0 Å². The second-order valence-corrected chi connectivity index (χ2v) is 4.74. The van der Waals surface area contributed by atoms with Crippen LogP contribution >= 0.6 is 0 Å². The molecule has 1 saturated heterocycles. The lowest BCUT2D eigenvalue weighted by Gasteiger charge is -2.07. The first-order chi connectivity index (χ1) is 9.81. The van der Waals surface area contributed by atoms with Crippen molar-refractivity contribution in [1.82, 2.24) is 9.78 Å². The summed E-state index contributed by atoms with van der Waals surface area (Å²) in [4.78, 5) is 11.2. The summed E-state index contributed by atoms with van der Waals surface area (Å²) in [6, 6.07) is 7.56. The second kappa shape index (κ2) is 5.46. The highest BCUT2D eigenvalue weighted by Gasteiger charge is 2.24. The van der Waals surface area contributed by atoms with Crippen LogP contribution in [0, 0.1) is 0 Å². The minimum absolute atomic E-state index is 0.0675. The van der Waals surface area contributed by atoms with Crippen molar-refractivity contribution in [3.05, 3.63) is 41.7 Å². The normalized spacial score (nSPS) is 18.1. The van der Waals surface area contributed by atoms with Gasteiger partial charge in [-0.25, -0.2) is 4.68 Å². The Morgan fingerprint density at radius 2 is 2.40 bits per heavy atom. The molecule has 1 aromatic heterocycles. The Kier molecular flexibility index (Phi) is 3.52. The number of aromatic nitrogens is 2. The monoisotopic (exact) mass is 272 g/mol. The highest BCUT2D eigenvalue weighted by Crippen LogP contribution is 2.30. The lowest BCUT2D eigenvalue weighted by atomic mass is 10.1. The predicted octanol–water partition coefficient (Wildman–Crippen LogP) is 2.54. The van der Waals surface area contributed by atoms with Crippen molar-refractivity contribution in [3.8, 4) is 11.4 Å². The minimum atomic E-state index is -0.0675. The third-order valence-electron chi connectivity index (χ3n) is 3.45. The summed E-state index contributed by atoms with van der Waals surface area (Å²) >= 11 is 0. The van der Waals surface area contributed by atoms with Crippen LogP contribution in [0.2, 0.25) is 0 Å². The fraction of sp³-hybridized carbons (Fsp3) is 0.333. The zero-order valence-electron chi connectivity index (χ0n) is 11.3. The van der Waals surface area contributed by atoms with E-state index in [1.54, 1.807) is 18.0 Å². The van der Waals surface area contributed by atoms with Gasteiger partial charge in [0.15, 0.2) is 6.29 Å². The van der Waals surface area contributed by atoms with Gasteiger partial charge in [0.05, 0.1) is 18.4 Å². The molecule has 5 heteroatoms. The average molecular weight is 272 g/mol. The quantitative estimate of drug-likeness (QED) is 0.803. The van der Waals surface area contributed by atoms with E-state index in [-0.39, 0.29) is 6.10 Å². The van der Waals surface area contributed by atoms with Crippen molar-refractivity contribution in [1.29, 1.82) is 0 Å². The van der Waals surface area contributed by atoms with Crippen LogP contribution in [0.15, 0.2) is 30.5 Å². The lowest BCUT2D eigenvalue weighted by Crippen LogP contribution is -2.02. The molecule has 1 aromatic carbocycles. The predicted molar refractivity (Wildman–Crippen MR) is 73.4 cm³/mol. The fourth-order valence-electron chi connectivity index (χ4n) is 2.42. The van der Waals surface area contributed by atoms with E-state index in [4.69, 9.17) is 9.47 Å². The van der Waals surface area contributed by atoms with E-state index in [1.807, 2.05) is 24.3 Å². The summed E-state index contributed by atoms with van der Waals surface area (Å²) in [5.74, 6) is 0.754.